The molecule has 0 saturated heterocycles. The van der Waals surface area contributed by atoms with E-state index in [0.29, 0.717) is 0 Å². The molecule has 0 saturated carbocycles. The molecule has 0 aliphatic heterocycles. The molecule has 0 aliphatic rings. The first-order chi connectivity index (χ1) is 5.29. The summed E-state index contributed by atoms with van der Waals surface area (Å²) in [5.41, 5.74) is 2.81. The monoisotopic (exact) mass is 150 g/mol. The normalized spacial score (nSPS) is 9.83. The summed E-state index contributed by atoms with van der Waals surface area (Å²) in [4.78, 5) is 0. The molecule has 0 spiro atoms. The third-order valence-electron chi connectivity index (χ3n) is 2.33. The molecular weight excluding hydrogens is 139 g/mol. The van der Waals surface area contributed by atoms with Gasteiger partial charge in [-0.1, -0.05) is 19.9 Å². The maximum absolute atomic E-state index is 2.24. The molecular formula is C11H11Li. The van der Waals surface area contributed by atoms with E-state index in [1.54, 1.807) is 0 Å². The maximum atomic E-state index is 2.24. The third kappa shape index (κ3) is 1.33. The Morgan fingerprint density at radius 1 is 1.17 bits per heavy atom. The second-order valence-corrected chi connectivity index (χ2v) is 3.04. The van der Waals surface area contributed by atoms with Crippen LogP contribution in [0.1, 0.15) is 11.1 Å². The van der Waals surface area contributed by atoms with Crippen molar-refractivity contribution in [2.45, 2.75) is 13.8 Å². The van der Waals surface area contributed by atoms with Crippen molar-refractivity contribution in [2.75, 3.05) is 0 Å². The molecule has 0 fully saturated rings. The van der Waals surface area contributed by atoms with E-state index in [-0.39, 0.29) is 18.9 Å². The molecule has 0 heterocycles. The second kappa shape index (κ2) is 3.43. The fourth-order valence-corrected chi connectivity index (χ4v) is 1.52. The topological polar surface area (TPSA) is 0 Å². The van der Waals surface area contributed by atoms with Crippen molar-refractivity contribution in [3.05, 3.63) is 41.5 Å². The summed E-state index contributed by atoms with van der Waals surface area (Å²) in [7, 11) is 0. The van der Waals surface area contributed by atoms with Gasteiger partial charge in [-0.3, -0.25) is 0 Å². The zero-order valence-electron chi connectivity index (χ0n) is 7.89. The summed E-state index contributed by atoms with van der Waals surface area (Å²) in [5, 5.41) is 2.76. The summed E-state index contributed by atoms with van der Waals surface area (Å²) < 4.78 is 0. The maximum Gasteiger partial charge on any atom is 1.00 e. The van der Waals surface area contributed by atoms with Crippen molar-refractivity contribution in [1.29, 1.82) is 0 Å². The van der Waals surface area contributed by atoms with Crippen LogP contribution in [0.15, 0.2) is 30.3 Å². The SMILES string of the molecule is Cc1cc2ccccc2[c-]1C.[Li+]. The summed E-state index contributed by atoms with van der Waals surface area (Å²) >= 11 is 0. The van der Waals surface area contributed by atoms with Crippen LogP contribution >= 0.6 is 0 Å². The van der Waals surface area contributed by atoms with Crippen molar-refractivity contribution < 1.29 is 18.9 Å². The van der Waals surface area contributed by atoms with Crippen LogP contribution in [-0.2, 0) is 0 Å². The van der Waals surface area contributed by atoms with Crippen molar-refractivity contribution >= 4 is 10.8 Å². The van der Waals surface area contributed by atoms with Gasteiger partial charge in [-0.25, -0.2) is 0 Å². The summed E-state index contributed by atoms with van der Waals surface area (Å²) in [6.45, 7) is 4.34. The van der Waals surface area contributed by atoms with Crippen molar-refractivity contribution in [3.63, 3.8) is 0 Å². The van der Waals surface area contributed by atoms with E-state index in [0.717, 1.165) is 0 Å². The smallest absolute Gasteiger partial charge is 0.165 e. The largest absolute Gasteiger partial charge is 1.00 e. The first-order valence-electron chi connectivity index (χ1n) is 3.90. The molecule has 0 N–H and O–H groups in total. The second-order valence-electron chi connectivity index (χ2n) is 3.04. The van der Waals surface area contributed by atoms with Gasteiger partial charge in [0.1, 0.15) is 0 Å². The molecule has 0 radical (unpaired) electrons. The molecule has 0 aliphatic carbocycles. The molecule has 12 heavy (non-hydrogen) atoms. The van der Waals surface area contributed by atoms with Crippen LogP contribution in [0.4, 0.5) is 0 Å². The van der Waals surface area contributed by atoms with E-state index in [2.05, 4.69) is 44.2 Å². The predicted molar refractivity (Wildman–Crippen MR) is 49.0 cm³/mol. The molecule has 0 unspecified atom stereocenters. The first-order valence-corrected chi connectivity index (χ1v) is 3.90. The van der Waals surface area contributed by atoms with E-state index in [9.17, 15) is 0 Å². The molecule has 0 atom stereocenters. The molecule has 2 rings (SSSR count). The number of hydrogen-bond donors (Lipinski definition) is 0. The molecule has 56 valence electrons. The number of aryl methyl sites for hydroxylation is 2. The van der Waals surface area contributed by atoms with Crippen molar-refractivity contribution in [1.82, 2.24) is 0 Å². The minimum atomic E-state index is 0. The van der Waals surface area contributed by atoms with Gasteiger partial charge in [0, 0.05) is 0 Å². The molecule has 1 heteroatoms. The Balaban J connectivity index is 0.000000720. The quantitative estimate of drug-likeness (QED) is 0.371. The van der Waals surface area contributed by atoms with Crippen LogP contribution in [-0.4, -0.2) is 0 Å². The Kier molecular flexibility index (Phi) is 2.72. The Labute approximate surface area is 85.1 Å². The van der Waals surface area contributed by atoms with Gasteiger partial charge in [-0.2, -0.15) is 6.07 Å². The average Bonchev–Trinajstić information content (AvgIpc) is 2.30. The first kappa shape index (κ1) is 9.51. The third-order valence-corrected chi connectivity index (χ3v) is 2.33. The number of fused-ring (bicyclic) bond motifs is 1. The predicted octanol–water partition coefficient (Wildman–Crippen LogP) is 0.180. The average molecular weight is 150 g/mol. The fourth-order valence-electron chi connectivity index (χ4n) is 1.52. The number of rotatable bonds is 0. The van der Waals surface area contributed by atoms with Crippen LogP contribution in [0.2, 0.25) is 0 Å². The summed E-state index contributed by atoms with van der Waals surface area (Å²) in [6, 6.07) is 10.8. The summed E-state index contributed by atoms with van der Waals surface area (Å²) in [5.74, 6) is 0. The van der Waals surface area contributed by atoms with Gasteiger partial charge in [0.2, 0.25) is 0 Å². The van der Waals surface area contributed by atoms with Crippen LogP contribution in [0, 0.1) is 13.8 Å². The molecule has 2 aromatic carbocycles. The molecule has 0 bridgehead atoms. The van der Waals surface area contributed by atoms with E-state index in [1.807, 2.05) is 0 Å². The van der Waals surface area contributed by atoms with Crippen LogP contribution < -0.4 is 18.9 Å². The van der Waals surface area contributed by atoms with E-state index in [4.69, 9.17) is 0 Å². The van der Waals surface area contributed by atoms with Gasteiger partial charge in [-0.05, 0) is 0 Å². The molecule has 0 amide bonds. The molecule has 2 aromatic rings. The Bertz CT molecular complexity index is 385. The molecule has 0 aromatic heterocycles. The Morgan fingerprint density at radius 3 is 2.50 bits per heavy atom. The van der Waals surface area contributed by atoms with Gasteiger partial charge in [-0.15, -0.1) is 40.1 Å². The zero-order chi connectivity index (χ0) is 7.84. The number of hydrogen-bond acceptors (Lipinski definition) is 0. The van der Waals surface area contributed by atoms with Gasteiger partial charge in [0.15, 0.2) is 0 Å². The van der Waals surface area contributed by atoms with Gasteiger partial charge in [0.05, 0.1) is 0 Å². The van der Waals surface area contributed by atoms with Crippen molar-refractivity contribution in [3.8, 4) is 0 Å². The molecule has 0 nitrogen and oxygen atoms in total. The van der Waals surface area contributed by atoms with Crippen LogP contribution in [0.5, 0.6) is 0 Å². The van der Waals surface area contributed by atoms with Gasteiger partial charge < -0.3 is 0 Å². The number of benzene rings is 1. The van der Waals surface area contributed by atoms with Gasteiger partial charge >= 0.3 is 18.9 Å². The Morgan fingerprint density at radius 2 is 1.83 bits per heavy atom. The Hall–Kier alpha value is -0.573. The van der Waals surface area contributed by atoms with E-state index in [1.165, 1.54) is 21.9 Å². The zero-order valence-corrected chi connectivity index (χ0v) is 7.89. The summed E-state index contributed by atoms with van der Waals surface area (Å²) in [6.07, 6.45) is 0. The van der Waals surface area contributed by atoms with Crippen molar-refractivity contribution in [2.24, 2.45) is 0 Å². The van der Waals surface area contributed by atoms with Gasteiger partial charge in [0.25, 0.3) is 0 Å². The van der Waals surface area contributed by atoms with E-state index < -0.39 is 0 Å². The van der Waals surface area contributed by atoms with E-state index >= 15 is 0 Å². The van der Waals surface area contributed by atoms with Crippen LogP contribution in [0.25, 0.3) is 10.8 Å². The standard InChI is InChI=1S/C11H11.Li/c1-8-7-10-5-3-4-6-11(10)9(8)2;/h3-7H,1-2H3;/q-1;+1. The fraction of sp³-hybridized carbons (Fsp3) is 0.182. The minimum Gasteiger partial charge on any atom is -0.165 e. The van der Waals surface area contributed by atoms with Crippen LogP contribution in [0.3, 0.4) is 0 Å². The minimum absolute atomic E-state index is 0.